The van der Waals surface area contributed by atoms with E-state index in [1.54, 1.807) is 4.99 Å². The zero-order chi connectivity index (χ0) is 15.5. The van der Waals surface area contributed by atoms with Gasteiger partial charge in [-0.3, -0.25) is 4.79 Å². The minimum atomic E-state index is -0.204. The fraction of sp³-hybridized carbons (Fsp3) is 0.529. The number of esters is 1. The van der Waals surface area contributed by atoms with Gasteiger partial charge in [0.05, 0.1) is 25.2 Å². The number of hydrogen-bond acceptors (Lipinski definition) is 3. The van der Waals surface area contributed by atoms with Crippen LogP contribution in [0.5, 0.6) is 0 Å². The van der Waals surface area contributed by atoms with Gasteiger partial charge >= 0.3 is 5.97 Å². The third-order valence-corrected chi connectivity index (χ3v) is 3.61. The van der Waals surface area contributed by atoms with Gasteiger partial charge in [-0.15, -0.1) is 5.73 Å². The number of allylic oxidation sites excluding steroid dienone is 3. The molecule has 1 heterocycles. The number of halogens is 1. The van der Waals surface area contributed by atoms with Gasteiger partial charge in [0.2, 0.25) is 0 Å². The number of carbonyl (C=O) groups excluding carboxylic acids is 1. The number of hydrogen-bond donors (Lipinski definition) is 0. The molecule has 3 atom stereocenters. The summed E-state index contributed by atoms with van der Waals surface area (Å²) in [7, 11) is 1.42. The van der Waals surface area contributed by atoms with Crippen LogP contribution in [-0.2, 0) is 14.3 Å². The van der Waals surface area contributed by atoms with Crippen molar-refractivity contribution in [2.45, 2.75) is 44.8 Å². The van der Waals surface area contributed by atoms with Crippen LogP contribution in [0.3, 0.4) is 0 Å². The molecule has 1 unspecified atom stereocenters. The van der Waals surface area contributed by atoms with Crippen molar-refractivity contribution in [2.75, 3.05) is 7.11 Å². The minimum Gasteiger partial charge on any atom is -0.469 e. The molecule has 0 aromatic rings. The summed E-state index contributed by atoms with van der Waals surface area (Å²) in [5, 5.41) is 0. The Morgan fingerprint density at radius 3 is 2.81 bits per heavy atom. The highest BCUT2D eigenvalue weighted by Crippen LogP contribution is 2.30. The second-order valence-electron chi connectivity index (χ2n) is 4.84. The molecule has 3 nitrogen and oxygen atoms in total. The van der Waals surface area contributed by atoms with Crippen molar-refractivity contribution in [1.29, 1.82) is 0 Å². The largest absolute Gasteiger partial charge is 0.469 e. The van der Waals surface area contributed by atoms with Crippen LogP contribution in [-0.4, -0.2) is 25.3 Å². The van der Waals surface area contributed by atoms with E-state index in [1.165, 1.54) is 7.11 Å². The molecule has 1 rings (SSSR count). The molecule has 4 heteroatoms. The van der Waals surface area contributed by atoms with E-state index in [9.17, 15) is 4.79 Å². The first-order valence-corrected chi connectivity index (χ1v) is 8.19. The molecular formula is C17H23BrO3. The summed E-state index contributed by atoms with van der Waals surface area (Å²) in [6.45, 7) is 2.11. The lowest BCUT2D eigenvalue weighted by Crippen LogP contribution is -2.24. The second kappa shape index (κ2) is 10.6. The van der Waals surface area contributed by atoms with Gasteiger partial charge in [0, 0.05) is 4.99 Å². The molecular weight excluding hydrogens is 332 g/mol. The van der Waals surface area contributed by atoms with E-state index in [0.29, 0.717) is 6.42 Å². The smallest absolute Gasteiger partial charge is 0.311 e. The van der Waals surface area contributed by atoms with E-state index in [0.717, 1.165) is 19.3 Å². The van der Waals surface area contributed by atoms with Crippen molar-refractivity contribution >= 4 is 21.9 Å². The molecule has 1 aliphatic heterocycles. The summed E-state index contributed by atoms with van der Waals surface area (Å²) in [4.78, 5) is 13.5. The molecule has 0 radical (unpaired) electrons. The molecule has 0 spiro atoms. The summed E-state index contributed by atoms with van der Waals surface area (Å²) < 4.78 is 10.8. The van der Waals surface area contributed by atoms with Gasteiger partial charge in [-0.05, 0) is 31.8 Å². The molecule has 1 fully saturated rings. The minimum absolute atomic E-state index is 0.0821. The van der Waals surface area contributed by atoms with Crippen LogP contribution in [0.25, 0.3) is 0 Å². The van der Waals surface area contributed by atoms with Gasteiger partial charge in [-0.25, -0.2) is 0 Å². The summed E-state index contributed by atoms with van der Waals surface area (Å²) in [6, 6.07) is 0. The maximum Gasteiger partial charge on any atom is 0.311 e. The zero-order valence-corrected chi connectivity index (χ0v) is 14.2. The van der Waals surface area contributed by atoms with Crippen LogP contribution in [0.4, 0.5) is 0 Å². The lowest BCUT2D eigenvalue weighted by Gasteiger charge is -2.14. The number of rotatable bonds is 7. The van der Waals surface area contributed by atoms with Gasteiger partial charge in [-0.2, -0.15) is 0 Å². The van der Waals surface area contributed by atoms with Crippen molar-refractivity contribution in [3.63, 3.8) is 0 Å². The average molecular weight is 355 g/mol. The first-order valence-electron chi connectivity index (χ1n) is 7.27. The Bertz CT molecular complexity index is 433. The average Bonchev–Trinajstić information content (AvgIpc) is 2.91. The van der Waals surface area contributed by atoms with Gasteiger partial charge in [-0.1, -0.05) is 47.2 Å². The van der Waals surface area contributed by atoms with Crippen LogP contribution in [0.2, 0.25) is 0 Å². The van der Waals surface area contributed by atoms with Crippen molar-refractivity contribution in [2.24, 2.45) is 5.92 Å². The lowest BCUT2D eigenvalue weighted by atomic mass is 9.97. The molecule has 0 aromatic carbocycles. The Hall–Kier alpha value is -1.09. The lowest BCUT2D eigenvalue weighted by molar-refractivity contribution is -0.147. The monoisotopic (exact) mass is 354 g/mol. The Kier molecular flexibility index (Phi) is 9.07. The van der Waals surface area contributed by atoms with Gasteiger partial charge < -0.3 is 9.47 Å². The first-order chi connectivity index (χ1) is 10.2. The van der Waals surface area contributed by atoms with E-state index >= 15 is 0 Å². The van der Waals surface area contributed by atoms with E-state index in [-0.39, 0.29) is 24.1 Å². The highest BCUT2D eigenvalue weighted by Gasteiger charge is 2.38. The molecule has 116 valence electrons. The quantitative estimate of drug-likeness (QED) is 0.388. The highest BCUT2D eigenvalue weighted by atomic mass is 79.9. The number of carbonyl (C=O) groups is 1. The van der Waals surface area contributed by atoms with E-state index in [1.807, 2.05) is 6.08 Å². The Morgan fingerprint density at radius 1 is 1.38 bits per heavy atom. The molecule has 0 saturated carbocycles. The fourth-order valence-corrected chi connectivity index (χ4v) is 2.47. The van der Waals surface area contributed by atoms with Crippen LogP contribution in [0.1, 0.15) is 32.6 Å². The Morgan fingerprint density at radius 2 is 2.14 bits per heavy atom. The summed E-state index contributed by atoms with van der Waals surface area (Å²) >= 11 is 3.17. The molecule has 0 bridgehead atoms. The Balaban J connectivity index is 2.57. The van der Waals surface area contributed by atoms with E-state index in [4.69, 9.17) is 9.47 Å². The second-order valence-corrected chi connectivity index (χ2v) is 5.30. The van der Waals surface area contributed by atoms with Crippen molar-refractivity contribution in [3.05, 3.63) is 41.1 Å². The normalized spacial score (nSPS) is 25.2. The maximum absolute atomic E-state index is 11.8. The van der Waals surface area contributed by atoms with Crippen LogP contribution >= 0.6 is 15.9 Å². The third kappa shape index (κ3) is 6.47. The fourth-order valence-electron chi connectivity index (χ4n) is 2.32. The number of methoxy groups -OCH3 is 1. The zero-order valence-electron chi connectivity index (χ0n) is 12.6. The Labute approximate surface area is 135 Å². The van der Waals surface area contributed by atoms with Crippen molar-refractivity contribution in [1.82, 2.24) is 0 Å². The molecule has 0 aromatic heterocycles. The summed E-state index contributed by atoms with van der Waals surface area (Å²) in [6.07, 6.45) is 13.4. The molecule has 0 amide bonds. The third-order valence-electron chi connectivity index (χ3n) is 3.34. The summed E-state index contributed by atoms with van der Waals surface area (Å²) in [5.41, 5.74) is 2.94. The number of ether oxygens (including phenoxy) is 2. The van der Waals surface area contributed by atoms with Crippen LogP contribution < -0.4 is 0 Å². The molecule has 21 heavy (non-hydrogen) atoms. The maximum atomic E-state index is 11.8. The first kappa shape index (κ1) is 18.0. The van der Waals surface area contributed by atoms with Crippen LogP contribution in [0.15, 0.2) is 41.1 Å². The molecule has 0 aliphatic carbocycles. The standard InChI is InChI=1S/C17H23BrO3/c1-3-4-5-6-7-8-11-16-15(17(19)20-2)13-14(21-16)10-9-12-18/h4-5,7-8,10,12,14-16H,3,6,11,13H2,1-2H3/b5-4+,8-7+/t9?,14?,15-,16-/m0/s1. The van der Waals surface area contributed by atoms with Gasteiger partial charge in [0.25, 0.3) is 0 Å². The highest BCUT2D eigenvalue weighted by molar-refractivity contribution is 9.11. The van der Waals surface area contributed by atoms with E-state index in [2.05, 4.69) is 52.9 Å². The van der Waals surface area contributed by atoms with Gasteiger partial charge in [0.15, 0.2) is 0 Å². The molecule has 1 saturated heterocycles. The SMILES string of the molecule is CC/C=C/C/C=C/C[C@@H]1OC(C=C=CBr)C[C@@H]1C(=O)OC. The van der Waals surface area contributed by atoms with Crippen molar-refractivity contribution in [3.8, 4) is 0 Å². The topological polar surface area (TPSA) is 35.5 Å². The van der Waals surface area contributed by atoms with E-state index < -0.39 is 0 Å². The summed E-state index contributed by atoms with van der Waals surface area (Å²) in [5.74, 6) is -0.401. The molecule has 0 N–H and O–H groups in total. The predicted molar refractivity (Wildman–Crippen MR) is 88.2 cm³/mol. The van der Waals surface area contributed by atoms with Crippen LogP contribution in [0, 0.1) is 5.92 Å². The van der Waals surface area contributed by atoms with Crippen molar-refractivity contribution < 1.29 is 14.3 Å². The molecule has 1 aliphatic rings. The van der Waals surface area contributed by atoms with Gasteiger partial charge in [0.1, 0.15) is 0 Å². The predicted octanol–water partition coefficient (Wildman–Crippen LogP) is 4.30.